The van der Waals surface area contributed by atoms with E-state index in [4.69, 9.17) is 18.0 Å². The molecule has 1 aromatic heterocycles. The molecule has 6 heteroatoms. The zero-order chi connectivity index (χ0) is 13.1. The molecule has 0 aliphatic rings. The van der Waals surface area contributed by atoms with Gasteiger partial charge in [0, 0.05) is 6.42 Å². The van der Waals surface area contributed by atoms with Gasteiger partial charge >= 0.3 is 0 Å². The average Bonchev–Trinajstić information content (AvgIpc) is 2.62. The Kier molecular flexibility index (Phi) is 4.22. The fourth-order valence-corrected chi connectivity index (χ4v) is 1.41. The van der Waals surface area contributed by atoms with Crippen LogP contribution in [0.25, 0.3) is 0 Å². The van der Waals surface area contributed by atoms with Crippen LogP contribution < -0.4 is 11.1 Å². The van der Waals surface area contributed by atoms with Crippen molar-refractivity contribution in [3.8, 4) is 0 Å². The van der Waals surface area contributed by atoms with E-state index in [9.17, 15) is 4.79 Å². The molecule has 1 aromatic rings. The molecule has 0 aliphatic carbocycles. The third kappa shape index (κ3) is 4.52. The SMILES string of the molecule is CC(C)(C)CCC(=O)Nc1[nH]ncc1C(N)=S. The number of aromatic amines is 1. The van der Waals surface area contributed by atoms with Crippen molar-refractivity contribution >= 4 is 28.9 Å². The lowest BCUT2D eigenvalue weighted by atomic mass is 9.90. The minimum atomic E-state index is -0.0679. The number of anilines is 1. The first-order chi connectivity index (χ1) is 7.79. The minimum absolute atomic E-state index is 0.0679. The Morgan fingerprint density at radius 2 is 2.24 bits per heavy atom. The predicted octanol–water partition coefficient (Wildman–Crippen LogP) is 1.81. The van der Waals surface area contributed by atoms with Gasteiger partial charge in [-0.2, -0.15) is 5.10 Å². The van der Waals surface area contributed by atoms with Gasteiger partial charge in [0.2, 0.25) is 5.91 Å². The fraction of sp³-hybridized carbons (Fsp3) is 0.545. The fourth-order valence-electron chi connectivity index (χ4n) is 1.26. The number of carbonyl (C=O) groups excluding carboxylic acids is 1. The van der Waals surface area contributed by atoms with Crippen molar-refractivity contribution in [1.29, 1.82) is 0 Å². The molecular formula is C11H18N4OS. The number of aromatic nitrogens is 2. The molecule has 0 radical (unpaired) electrons. The standard InChI is InChI=1S/C11H18N4OS/c1-11(2,3)5-4-8(16)14-10-7(9(12)17)6-13-15-10/h6H,4-5H2,1-3H3,(H2,12,17)(H2,13,14,15,16). The minimum Gasteiger partial charge on any atom is -0.389 e. The van der Waals surface area contributed by atoms with E-state index < -0.39 is 0 Å². The van der Waals surface area contributed by atoms with Crippen molar-refractivity contribution in [3.63, 3.8) is 0 Å². The number of hydrogen-bond acceptors (Lipinski definition) is 3. The first kappa shape index (κ1) is 13.6. The molecule has 0 fully saturated rings. The Hall–Kier alpha value is -1.43. The van der Waals surface area contributed by atoms with Crippen LogP contribution in [0.5, 0.6) is 0 Å². The van der Waals surface area contributed by atoms with Crippen LogP contribution in [0.4, 0.5) is 5.82 Å². The van der Waals surface area contributed by atoms with Crippen LogP contribution in [0.3, 0.4) is 0 Å². The van der Waals surface area contributed by atoms with Crippen LogP contribution in [0.2, 0.25) is 0 Å². The number of nitrogens with two attached hydrogens (primary N) is 1. The summed E-state index contributed by atoms with van der Waals surface area (Å²) >= 11 is 4.85. The maximum atomic E-state index is 11.7. The molecule has 0 spiro atoms. The van der Waals surface area contributed by atoms with Gasteiger partial charge in [-0.15, -0.1) is 0 Å². The van der Waals surface area contributed by atoms with E-state index >= 15 is 0 Å². The summed E-state index contributed by atoms with van der Waals surface area (Å²) in [5.41, 5.74) is 6.19. The molecular weight excluding hydrogens is 236 g/mol. The molecule has 1 amide bonds. The zero-order valence-corrected chi connectivity index (χ0v) is 11.1. The van der Waals surface area contributed by atoms with E-state index in [1.807, 2.05) is 0 Å². The van der Waals surface area contributed by atoms with Crippen LogP contribution in [0, 0.1) is 5.41 Å². The summed E-state index contributed by atoms with van der Waals surface area (Å²) in [7, 11) is 0. The Morgan fingerprint density at radius 3 is 2.76 bits per heavy atom. The second kappa shape index (κ2) is 5.27. The van der Waals surface area contributed by atoms with Crippen molar-refractivity contribution in [2.75, 3.05) is 5.32 Å². The Morgan fingerprint density at radius 1 is 1.59 bits per heavy atom. The van der Waals surface area contributed by atoms with Crippen molar-refractivity contribution in [2.45, 2.75) is 33.6 Å². The van der Waals surface area contributed by atoms with Crippen LogP contribution in [0.15, 0.2) is 6.20 Å². The summed E-state index contributed by atoms with van der Waals surface area (Å²) in [5, 5.41) is 9.18. The smallest absolute Gasteiger partial charge is 0.225 e. The highest BCUT2D eigenvalue weighted by molar-refractivity contribution is 7.80. The van der Waals surface area contributed by atoms with Gasteiger partial charge in [-0.25, -0.2) is 0 Å². The molecule has 0 bridgehead atoms. The summed E-state index contributed by atoms with van der Waals surface area (Å²) in [6, 6.07) is 0. The molecule has 5 nitrogen and oxygen atoms in total. The predicted molar refractivity (Wildman–Crippen MR) is 71.8 cm³/mol. The Bertz CT molecular complexity index is 419. The van der Waals surface area contributed by atoms with Gasteiger partial charge < -0.3 is 11.1 Å². The van der Waals surface area contributed by atoms with Crippen LogP contribution >= 0.6 is 12.2 Å². The van der Waals surface area contributed by atoms with Crippen LogP contribution in [0.1, 0.15) is 39.2 Å². The van der Waals surface area contributed by atoms with E-state index in [0.29, 0.717) is 17.8 Å². The van der Waals surface area contributed by atoms with Gasteiger partial charge in [-0.3, -0.25) is 9.89 Å². The first-order valence-corrected chi connectivity index (χ1v) is 5.83. The molecule has 4 N–H and O–H groups in total. The highest BCUT2D eigenvalue weighted by atomic mass is 32.1. The molecule has 0 aliphatic heterocycles. The molecule has 1 rings (SSSR count). The number of nitrogens with zero attached hydrogens (tertiary/aromatic N) is 1. The molecule has 0 saturated heterocycles. The van der Waals surface area contributed by atoms with Gasteiger partial charge in [0.1, 0.15) is 10.8 Å². The zero-order valence-electron chi connectivity index (χ0n) is 10.3. The van der Waals surface area contributed by atoms with Gasteiger partial charge in [0.15, 0.2) is 0 Å². The number of H-pyrrole nitrogens is 1. The quantitative estimate of drug-likeness (QED) is 0.715. The molecule has 0 atom stereocenters. The van der Waals surface area contributed by atoms with Crippen molar-refractivity contribution in [2.24, 2.45) is 11.1 Å². The van der Waals surface area contributed by atoms with Crippen LogP contribution in [-0.4, -0.2) is 21.1 Å². The largest absolute Gasteiger partial charge is 0.389 e. The van der Waals surface area contributed by atoms with Crippen LogP contribution in [-0.2, 0) is 4.79 Å². The van der Waals surface area contributed by atoms with Gasteiger partial charge in [-0.1, -0.05) is 33.0 Å². The Balaban J connectivity index is 2.57. The molecule has 0 unspecified atom stereocenters. The van der Waals surface area contributed by atoms with E-state index in [2.05, 4.69) is 36.3 Å². The molecule has 1 heterocycles. The monoisotopic (exact) mass is 254 g/mol. The number of thiocarbonyl (C=S) groups is 1. The lowest BCUT2D eigenvalue weighted by Gasteiger charge is -2.17. The summed E-state index contributed by atoms with van der Waals surface area (Å²) in [6.07, 6.45) is 2.77. The van der Waals surface area contributed by atoms with E-state index in [0.717, 1.165) is 6.42 Å². The summed E-state index contributed by atoms with van der Waals surface area (Å²) in [5.74, 6) is 0.401. The van der Waals surface area contributed by atoms with Crippen molar-refractivity contribution < 1.29 is 4.79 Å². The number of hydrogen-bond donors (Lipinski definition) is 3. The lowest BCUT2D eigenvalue weighted by Crippen LogP contribution is -2.18. The van der Waals surface area contributed by atoms with E-state index in [1.54, 1.807) is 0 Å². The third-order valence-corrected chi connectivity index (χ3v) is 2.49. The maximum Gasteiger partial charge on any atom is 0.225 e. The van der Waals surface area contributed by atoms with E-state index in [1.165, 1.54) is 6.20 Å². The topological polar surface area (TPSA) is 83.8 Å². The van der Waals surface area contributed by atoms with Gasteiger partial charge in [0.25, 0.3) is 0 Å². The molecule has 0 saturated carbocycles. The molecule has 0 aromatic carbocycles. The Labute approximate surface area is 106 Å². The highest BCUT2D eigenvalue weighted by Crippen LogP contribution is 2.21. The van der Waals surface area contributed by atoms with E-state index in [-0.39, 0.29) is 16.3 Å². The number of amides is 1. The molecule has 17 heavy (non-hydrogen) atoms. The van der Waals surface area contributed by atoms with Crippen molar-refractivity contribution in [3.05, 3.63) is 11.8 Å². The second-order valence-electron chi connectivity index (χ2n) is 5.13. The molecule has 94 valence electrons. The lowest BCUT2D eigenvalue weighted by molar-refractivity contribution is -0.116. The summed E-state index contributed by atoms with van der Waals surface area (Å²) in [6.45, 7) is 6.28. The number of nitrogens with one attached hydrogen (secondary N) is 2. The highest BCUT2D eigenvalue weighted by Gasteiger charge is 2.15. The van der Waals surface area contributed by atoms with Gasteiger partial charge in [-0.05, 0) is 11.8 Å². The normalized spacial score (nSPS) is 11.2. The summed E-state index contributed by atoms with van der Waals surface area (Å²) < 4.78 is 0. The van der Waals surface area contributed by atoms with Gasteiger partial charge in [0.05, 0.1) is 11.8 Å². The number of rotatable bonds is 4. The summed E-state index contributed by atoms with van der Waals surface area (Å²) in [4.78, 5) is 11.9. The first-order valence-electron chi connectivity index (χ1n) is 5.42. The van der Waals surface area contributed by atoms with Crippen molar-refractivity contribution in [1.82, 2.24) is 10.2 Å². The maximum absolute atomic E-state index is 11.7. The average molecular weight is 254 g/mol. The number of carbonyl (C=O) groups is 1. The second-order valence-corrected chi connectivity index (χ2v) is 5.57. The third-order valence-electron chi connectivity index (χ3n) is 2.27.